The largest absolute Gasteiger partial charge is 0.460 e. The van der Waals surface area contributed by atoms with Crippen LogP contribution in [-0.2, 0) is 14.3 Å². The number of anilines is 1. The van der Waals surface area contributed by atoms with E-state index in [2.05, 4.69) is 13.2 Å². The topological polar surface area (TPSA) is 59.5 Å². The standard InChI is InChI=1S/C30H33ClN2O3S/c1-6-13-22(21-14-9-8-10-15-21)24(19-27(34)36-30(3,4)5)28(35)33(18-7-2)29-32-26(20-37-29)23-16-11-12-17-25(23)31/h6-12,14-17,20,22,24H,1-2,13,18-19H2,3-5H3/t22-,24+/m1/s1. The molecule has 194 valence electrons. The van der Waals surface area contributed by atoms with E-state index in [1.165, 1.54) is 11.3 Å². The van der Waals surface area contributed by atoms with Crippen molar-refractivity contribution in [1.82, 2.24) is 4.98 Å². The maximum atomic E-state index is 14.2. The molecule has 0 aliphatic heterocycles. The summed E-state index contributed by atoms with van der Waals surface area (Å²) in [7, 11) is 0. The van der Waals surface area contributed by atoms with E-state index in [1.807, 2.05) is 74.7 Å². The van der Waals surface area contributed by atoms with Crippen LogP contribution in [0.15, 0.2) is 85.3 Å². The van der Waals surface area contributed by atoms with Crippen LogP contribution < -0.4 is 4.90 Å². The molecular weight excluding hydrogens is 504 g/mol. The van der Waals surface area contributed by atoms with Crippen LogP contribution in [0.25, 0.3) is 11.3 Å². The number of allylic oxidation sites excluding steroid dienone is 1. The monoisotopic (exact) mass is 536 g/mol. The molecule has 5 nitrogen and oxygen atoms in total. The lowest BCUT2D eigenvalue weighted by Gasteiger charge is -2.31. The lowest BCUT2D eigenvalue weighted by Crippen LogP contribution is -2.40. The Balaban J connectivity index is 2.02. The minimum atomic E-state index is -0.692. The highest BCUT2D eigenvalue weighted by Crippen LogP contribution is 2.37. The zero-order valence-electron chi connectivity index (χ0n) is 21.5. The fraction of sp³-hybridized carbons (Fsp3) is 0.300. The molecule has 0 saturated carbocycles. The van der Waals surface area contributed by atoms with Gasteiger partial charge in [0.2, 0.25) is 5.91 Å². The number of benzene rings is 2. The molecule has 0 saturated heterocycles. The SMILES string of the molecule is C=CC[C@H](c1ccccc1)[C@H](CC(=O)OC(C)(C)C)C(=O)N(CC=C)c1nc(-c2ccccc2Cl)cs1. The molecule has 0 N–H and O–H groups in total. The summed E-state index contributed by atoms with van der Waals surface area (Å²) in [5, 5.41) is 2.97. The summed E-state index contributed by atoms with van der Waals surface area (Å²) in [5.41, 5.74) is 1.77. The van der Waals surface area contributed by atoms with Gasteiger partial charge in [-0.15, -0.1) is 24.5 Å². The van der Waals surface area contributed by atoms with Crippen LogP contribution in [0.5, 0.6) is 0 Å². The molecule has 7 heteroatoms. The van der Waals surface area contributed by atoms with Gasteiger partial charge in [0.05, 0.1) is 18.0 Å². The summed E-state index contributed by atoms with van der Waals surface area (Å²) in [4.78, 5) is 33.5. The molecule has 0 radical (unpaired) electrons. The van der Waals surface area contributed by atoms with E-state index in [0.717, 1.165) is 11.1 Å². The van der Waals surface area contributed by atoms with Crippen molar-refractivity contribution in [2.24, 2.45) is 5.92 Å². The van der Waals surface area contributed by atoms with Crippen LogP contribution in [0, 0.1) is 5.92 Å². The lowest BCUT2D eigenvalue weighted by atomic mass is 9.80. The van der Waals surface area contributed by atoms with Crippen molar-refractivity contribution >= 4 is 39.9 Å². The van der Waals surface area contributed by atoms with Crippen molar-refractivity contribution in [3.63, 3.8) is 0 Å². The van der Waals surface area contributed by atoms with Crippen molar-refractivity contribution < 1.29 is 14.3 Å². The number of carbonyl (C=O) groups excluding carboxylic acids is 2. The highest BCUT2D eigenvalue weighted by atomic mass is 35.5. The average Bonchev–Trinajstić information content (AvgIpc) is 3.33. The quantitative estimate of drug-likeness (QED) is 0.186. The van der Waals surface area contributed by atoms with Crippen molar-refractivity contribution in [2.75, 3.05) is 11.4 Å². The number of carbonyl (C=O) groups is 2. The van der Waals surface area contributed by atoms with E-state index >= 15 is 0 Å². The highest BCUT2D eigenvalue weighted by molar-refractivity contribution is 7.14. The van der Waals surface area contributed by atoms with Crippen LogP contribution >= 0.6 is 22.9 Å². The minimum Gasteiger partial charge on any atom is -0.460 e. The molecular formula is C30H33ClN2O3S. The molecule has 2 atom stereocenters. The number of thiazole rings is 1. The maximum Gasteiger partial charge on any atom is 0.307 e. The first kappa shape index (κ1) is 28.4. The molecule has 1 heterocycles. The van der Waals surface area contributed by atoms with Crippen LogP contribution in [-0.4, -0.2) is 29.0 Å². The third-order valence-electron chi connectivity index (χ3n) is 5.71. The average molecular weight is 537 g/mol. The van der Waals surface area contributed by atoms with E-state index in [4.69, 9.17) is 21.3 Å². The molecule has 0 aliphatic rings. The second kappa shape index (κ2) is 12.8. The van der Waals surface area contributed by atoms with Crippen molar-refractivity contribution in [3.8, 4) is 11.3 Å². The summed E-state index contributed by atoms with van der Waals surface area (Å²) in [5.74, 6) is -1.61. The number of hydrogen-bond acceptors (Lipinski definition) is 5. The van der Waals surface area contributed by atoms with Gasteiger partial charge in [-0.05, 0) is 44.7 Å². The predicted molar refractivity (Wildman–Crippen MR) is 153 cm³/mol. The molecule has 0 spiro atoms. The van der Waals surface area contributed by atoms with E-state index in [0.29, 0.717) is 22.3 Å². The van der Waals surface area contributed by atoms with Crippen LogP contribution in [0.2, 0.25) is 5.02 Å². The molecule has 0 fully saturated rings. The number of aromatic nitrogens is 1. The first-order chi connectivity index (χ1) is 17.6. The summed E-state index contributed by atoms with van der Waals surface area (Å²) in [6, 6.07) is 17.2. The summed E-state index contributed by atoms with van der Waals surface area (Å²) in [6.07, 6.45) is 3.89. The molecule has 37 heavy (non-hydrogen) atoms. The second-order valence-electron chi connectivity index (χ2n) is 9.67. The van der Waals surface area contributed by atoms with Crippen LogP contribution in [0.4, 0.5) is 5.13 Å². The van der Waals surface area contributed by atoms with Crippen LogP contribution in [0.3, 0.4) is 0 Å². The molecule has 0 aliphatic carbocycles. The van der Waals surface area contributed by atoms with Gasteiger partial charge < -0.3 is 4.74 Å². The third kappa shape index (κ3) is 7.63. The molecule has 0 bridgehead atoms. The Kier molecular flexibility index (Phi) is 9.84. The Labute approximate surface area is 228 Å². The maximum absolute atomic E-state index is 14.2. The zero-order valence-corrected chi connectivity index (χ0v) is 23.1. The summed E-state index contributed by atoms with van der Waals surface area (Å²) in [6.45, 7) is 13.5. The minimum absolute atomic E-state index is 0.0696. The van der Waals surface area contributed by atoms with Gasteiger partial charge in [-0.2, -0.15) is 0 Å². The van der Waals surface area contributed by atoms with Crippen molar-refractivity contribution in [3.05, 3.63) is 95.9 Å². The Hall–Kier alpha value is -3.22. The summed E-state index contributed by atoms with van der Waals surface area (Å²) < 4.78 is 5.62. The molecule has 0 unspecified atom stereocenters. The Bertz CT molecular complexity index is 1230. The number of ether oxygens (including phenoxy) is 1. The number of hydrogen-bond donors (Lipinski definition) is 0. The molecule has 2 aromatic carbocycles. The highest BCUT2D eigenvalue weighted by Gasteiger charge is 2.36. The normalized spacial score (nSPS) is 12.9. The van der Waals surface area contributed by atoms with E-state index in [1.54, 1.807) is 23.1 Å². The van der Waals surface area contributed by atoms with Gasteiger partial charge in [-0.25, -0.2) is 4.98 Å². The zero-order chi connectivity index (χ0) is 27.0. The van der Waals surface area contributed by atoms with Gasteiger partial charge in [-0.1, -0.05) is 72.3 Å². The number of amides is 1. The molecule has 1 amide bonds. The summed E-state index contributed by atoms with van der Waals surface area (Å²) >= 11 is 7.73. The fourth-order valence-corrected chi connectivity index (χ4v) is 5.22. The van der Waals surface area contributed by atoms with Gasteiger partial charge in [0.25, 0.3) is 0 Å². The van der Waals surface area contributed by atoms with Gasteiger partial charge in [0.1, 0.15) is 5.60 Å². The third-order valence-corrected chi connectivity index (χ3v) is 6.90. The van der Waals surface area contributed by atoms with E-state index in [-0.39, 0.29) is 24.8 Å². The predicted octanol–water partition coefficient (Wildman–Crippen LogP) is 7.69. The van der Waals surface area contributed by atoms with Gasteiger partial charge in [0, 0.05) is 22.5 Å². The van der Waals surface area contributed by atoms with Gasteiger partial charge >= 0.3 is 5.97 Å². The molecule has 3 rings (SSSR count). The number of rotatable bonds is 11. The fourth-order valence-electron chi connectivity index (χ4n) is 4.15. The van der Waals surface area contributed by atoms with E-state index in [9.17, 15) is 9.59 Å². The Morgan fingerprint density at radius 3 is 2.38 bits per heavy atom. The first-order valence-corrected chi connectivity index (χ1v) is 13.4. The van der Waals surface area contributed by atoms with Gasteiger partial charge in [0.15, 0.2) is 5.13 Å². The number of halogens is 1. The Morgan fingerprint density at radius 2 is 1.76 bits per heavy atom. The second-order valence-corrected chi connectivity index (χ2v) is 10.9. The smallest absolute Gasteiger partial charge is 0.307 e. The van der Waals surface area contributed by atoms with Crippen molar-refractivity contribution in [1.29, 1.82) is 0 Å². The Morgan fingerprint density at radius 1 is 1.08 bits per heavy atom. The van der Waals surface area contributed by atoms with Gasteiger partial charge in [-0.3, -0.25) is 14.5 Å². The first-order valence-electron chi connectivity index (χ1n) is 12.1. The van der Waals surface area contributed by atoms with E-state index < -0.39 is 17.5 Å². The van der Waals surface area contributed by atoms with Crippen molar-refractivity contribution in [2.45, 2.75) is 45.1 Å². The molecule has 3 aromatic rings. The lowest BCUT2D eigenvalue weighted by molar-refractivity contribution is -0.157. The molecule has 1 aromatic heterocycles. The van der Waals surface area contributed by atoms with Crippen LogP contribution in [0.1, 0.15) is 45.1 Å². The number of esters is 1. The number of nitrogens with zero attached hydrogens (tertiary/aromatic N) is 2.